The molecule has 3 rings (SSSR count). The third-order valence-electron chi connectivity index (χ3n) is 2.85. The van der Waals surface area contributed by atoms with Crippen molar-refractivity contribution in [2.75, 3.05) is 5.73 Å². The summed E-state index contributed by atoms with van der Waals surface area (Å²) in [5.41, 5.74) is 6.35. The number of aromatic amines is 1. The number of nitrogens with one attached hydrogen (secondary N) is 2. The van der Waals surface area contributed by atoms with Crippen molar-refractivity contribution >= 4 is 34.4 Å². The van der Waals surface area contributed by atoms with Gasteiger partial charge in [0.2, 0.25) is 5.95 Å². The Morgan fingerprint density at radius 3 is 2.86 bits per heavy atom. The second-order valence-corrected chi connectivity index (χ2v) is 4.79. The van der Waals surface area contributed by atoms with Crippen LogP contribution >= 0.6 is 11.6 Å². The SMILES string of the molecule is Nc1n[nH]c(CNC(=O)c2ccc3ccc(Cl)cc3n2)n1. The number of halogens is 1. The van der Waals surface area contributed by atoms with Crippen LogP contribution in [0.1, 0.15) is 16.3 Å². The van der Waals surface area contributed by atoms with Gasteiger partial charge in [-0.3, -0.25) is 9.89 Å². The molecule has 0 spiro atoms. The normalized spacial score (nSPS) is 10.7. The number of nitrogen functional groups attached to an aromatic ring is 1. The van der Waals surface area contributed by atoms with E-state index in [2.05, 4.69) is 25.5 Å². The fraction of sp³-hybridized carbons (Fsp3) is 0.0769. The van der Waals surface area contributed by atoms with Crippen LogP contribution in [-0.2, 0) is 6.54 Å². The molecule has 1 aromatic carbocycles. The van der Waals surface area contributed by atoms with Gasteiger partial charge in [0.25, 0.3) is 5.91 Å². The van der Waals surface area contributed by atoms with Gasteiger partial charge in [-0.1, -0.05) is 23.7 Å². The van der Waals surface area contributed by atoms with Crippen molar-refractivity contribution in [1.29, 1.82) is 0 Å². The standard InChI is InChI=1S/C13H11ClN6O/c14-8-3-1-7-2-4-9(17-10(7)5-8)12(21)16-6-11-18-13(15)20-19-11/h1-5H,6H2,(H,16,21)(H3,15,18,19,20). The van der Waals surface area contributed by atoms with Crippen LogP contribution in [0.4, 0.5) is 5.95 Å². The van der Waals surface area contributed by atoms with Crippen molar-refractivity contribution in [3.8, 4) is 0 Å². The average Bonchev–Trinajstić information content (AvgIpc) is 2.89. The van der Waals surface area contributed by atoms with E-state index in [0.29, 0.717) is 22.1 Å². The maximum Gasteiger partial charge on any atom is 0.270 e. The lowest BCUT2D eigenvalue weighted by Gasteiger charge is -2.04. The Morgan fingerprint density at radius 1 is 1.29 bits per heavy atom. The molecule has 0 unspecified atom stereocenters. The summed E-state index contributed by atoms with van der Waals surface area (Å²) < 4.78 is 0. The summed E-state index contributed by atoms with van der Waals surface area (Å²) in [6, 6.07) is 8.81. The lowest BCUT2D eigenvalue weighted by Crippen LogP contribution is -2.24. The monoisotopic (exact) mass is 302 g/mol. The average molecular weight is 303 g/mol. The van der Waals surface area contributed by atoms with Gasteiger partial charge in [0.15, 0.2) is 0 Å². The van der Waals surface area contributed by atoms with Gasteiger partial charge in [-0.25, -0.2) is 4.98 Å². The van der Waals surface area contributed by atoms with E-state index in [0.717, 1.165) is 5.39 Å². The summed E-state index contributed by atoms with van der Waals surface area (Å²) in [5.74, 6) is 0.300. The van der Waals surface area contributed by atoms with Crippen LogP contribution < -0.4 is 11.1 Å². The van der Waals surface area contributed by atoms with Crippen molar-refractivity contribution < 1.29 is 4.79 Å². The Balaban J connectivity index is 1.77. The number of anilines is 1. The van der Waals surface area contributed by atoms with Crippen molar-refractivity contribution in [2.45, 2.75) is 6.54 Å². The van der Waals surface area contributed by atoms with Crippen LogP contribution in [0.3, 0.4) is 0 Å². The maximum atomic E-state index is 12.1. The molecule has 2 aromatic heterocycles. The zero-order valence-electron chi connectivity index (χ0n) is 10.8. The van der Waals surface area contributed by atoms with Gasteiger partial charge >= 0.3 is 0 Å². The first kappa shape index (κ1) is 13.3. The molecule has 21 heavy (non-hydrogen) atoms. The van der Waals surface area contributed by atoms with E-state index in [1.807, 2.05) is 12.1 Å². The molecule has 0 atom stereocenters. The second kappa shape index (κ2) is 5.37. The topological polar surface area (TPSA) is 110 Å². The van der Waals surface area contributed by atoms with Crippen LogP contribution in [0, 0.1) is 0 Å². The Hall–Kier alpha value is -2.67. The van der Waals surface area contributed by atoms with Crippen LogP contribution in [-0.4, -0.2) is 26.1 Å². The Labute approximate surface area is 124 Å². The maximum absolute atomic E-state index is 12.1. The first-order valence-corrected chi connectivity index (χ1v) is 6.51. The highest BCUT2D eigenvalue weighted by molar-refractivity contribution is 6.31. The quantitative estimate of drug-likeness (QED) is 0.679. The number of amides is 1. The number of pyridine rings is 1. The van der Waals surface area contributed by atoms with E-state index in [1.54, 1.807) is 18.2 Å². The van der Waals surface area contributed by atoms with Crippen LogP contribution in [0.2, 0.25) is 5.02 Å². The number of carbonyl (C=O) groups is 1. The summed E-state index contributed by atoms with van der Waals surface area (Å²) in [5, 5.41) is 10.5. The minimum Gasteiger partial charge on any atom is -0.367 e. The molecule has 0 fully saturated rings. The Kier molecular flexibility index (Phi) is 3.41. The van der Waals surface area contributed by atoms with Gasteiger partial charge in [-0.2, -0.15) is 4.98 Å². The van der Waals surface area contributed by atoms with Gasteiger partial charge in [-0.15, -0.1) is 5.10 Å². The molecule has 106 valence electrons. The lowest BCUT2D eigenvalue weighted by molar-refractivity contribution is 0.0945. The predicted molar refractivity (Wildman–Crippen MR) is 78.7 cm³/mol. The number of aromatic nitrogens is 4. The number of benzene rings is 1. The van der Waals surface area contributed by atoms with Crippen molar-refractivity contribution in [3.63, 3.8) is 0 Å². The van der Waals surface area contributed by atoms with E-state index in [9.17, 15) is 4.79 Å². The van der Waals surface area contributed by atoms with Crippen molar-refractivity contribution in [2.24, 2.45) is 0 Å². The molecule has 0 bridgehead atoms. The van der Waals surface area contributed by atoms with Crippen LogP contribution in [0.5, 0.6) is 0 Å². The molecule has 3 aromatic rings. The third-order valence-corrected chi connectivity index (χ3v) is 3.09. The lowest BCUT2D eigenvalue weighted by atomic mass is 10.2. The molecule has 1 amide bonds. The first-order valence-electron chi connectivity index (χ1n) is 6.13. The molecule has 0 aliphatic heterocycles. The molecule has 0 aliphatic rings. The fourth-order valence-corrected chi connectivity index (χ4v) is 2.03. The van der Waals surface area contributed by atoms with E-state index in [1.165, 1.54) is 0 Å². The zero-order valence-corrected chi connectivity index (χ0v) is 11.6. The van der Waals surface area contributed by atoms with Gasteiger partial charge in [0.1, 0.15) is 11.5 Å². The summed E-state index contributed by atoms with van der Waals surface area (Å²) in [6.07, 6.45) is 0. The number of nitrogens with zero attached hydrogens (tertiary/aromatic N) is 3. The second-order valence-electron chi connectivity index (χ2n) is 4.36. The smallest absolute Gasteiger partial charge is 0.270 e. The highest BCUT2D eigenvalue weighted by Crippen LogP contribution is 2.17. The Morgan fingerprint density at radius 2 is 2.10 bits per heavy atom. The van der Waals surface area contributed by atoms with Crippen molar-refractivity contribution in [1.82, 2.24) is 25.5 Å². The number of fused-ring (bicyclic) bond motifs is 1. The molecule has 0 saturated heterocycles. The summed E-state index contributed by atoms with van der Waals surface area (Å²) in [7, 11) is 0. The highest BCUT2D eigenvalue weighted by Gasteiger charge is 2.09. The fourth-order valence-electron chi connectivity index (χ4n) is 1.86. The molecule has 0 aliphatic carbocycles. The number of hydrogen-bond acceptors (Lipinski definition) is 5. The van der Waals surface area contributed by atoms with Gasteiger partial charge in [-0.05, 0) is 18.2 Å². The van der Waals surface area contributed by atoms with Crippen LogP contribution in [0.15, 0.2) is 30.3 Å². The summed E-state index contributed by atoms with van der Waals surface area (Å²) in [6.45, 7) is 0.193. The minimum absolute atomic E-state index is 0.137. The zero-order chi connectivity index (χ0) is 14.8. The third kappa shape index (κ3) is 2.92. The summed E-state index contributed by atoms with van der Waals surface area (Å²) in [4.78, 5) is 20.2. The van der Waals surface area contributed by atoms with Gasteiger partial charge in [0.05, 0.1) is 12.1 Å². The molecule has 0 saturated carbocycles. The molecule has 8 heteroatoms. The predicted octanol–water partition coefficient (Wildman–Crippen LogP) is 1.52. The van der Waals surface area contributed by atoms with Gasteiger partial charge < -0.3 is 11.1 Å². The molecule has 0 radical (unpaired) electrons. The highest BCUT2D eigenvalue weighted by atomic mass is 35.5. The van der Waals surface area contributed by atoms with Crippen molar-refractivity contribution in [3.05, 3.63) is 46.9 Å². The number of nitrogens with two attached hydrogens (primary N) is 1. The summed E-state index contributed by atoms with van der Waals surface area (Å²) >= 11 is 5.92. The van der Waals surface area contributed by atoms with Gasteiger partial charge in [0, 0.05) is 10.4 Å². The van der Waals surface area contributed by atoms with E-state index >= 15 is 0 Å². The molecule has 4 N–H and O–H groups in total. The van der Waals surface area contributed by atoms with E-state index in [4.69, 9.17) is 17.3 Å². The molecular formula is C13H11ClN6O. The largest absolute Gasteiger partial charge is 0.367 e. The molecular weight excluding hydrogens is 292 g/mol. The Bertz CT molecular complexity index is 815. The molecule has 7 nitrogen and oxygen atoms in total. The number of carbonyl (C=O) groups excluding carboxylic acids is 1. The first-order chi connectivity index (χ1) is 10.1. The number of hydrogen-bond donors (Lipinski definition) is 3. The van der Waals surface area contributed by atoms with E-state index in [-0.39, 0.29) is 18.4 Å². The number of H-pyrrole nitrogens is 1. The molecule has 2 heterocycles. The van der Waals surface area contributed by atoms with Crippen LogP contribution in [0.25, 0.3) is 10.9 Å². The minimum atomic E-state index is -0.313. The van der Waals surface area contributed by atoms with E-state index < -0.39 is 0 Å². The number of rotatable bonds is 3.